The number of hydrogen-bond acceptors (Lipinski definition) is 8. The molecule has 0 unspecified atom stereocenters. The van der Waals surface area contributed by atoms with Crippen molar-refractivity contribution in [3.05, 3.63) is 64.6 Å². The van der Waals surface area contributed by atoms with E-state index in [1.165, 1.54) is 30.3 Å². The normalized spacial score (nSPS) is 16.7. The number of nitrogens with zero attached hydrogens (tertiary/aromatic N) is 4. The highest BCUT2D eigenvalue weighted by Gasteiger charge is 2.36. The first-order valence-corrected chi connectivity index (χ1v) is 12.4. The number of aliphatic hydroxyl groups is 1. The van der Waals surface area contributed by atoms with Gasteiger partial charge in [-0.1, -0.05) is 29.8 Å². The van der Waals surface area contributed by atoms with E-state index in [1.54, 1.807) is 24.3 Å². The van der Waals surface area contributed by atoms with E-state index in [0.29, 0.717) is 35.1 Å². The molecule has 3 aromatic rings. The molecule has 12 heteroatoms. The molecule has 2 aliphatic rings. The van der Waals surface area contributed by atoms with Crippen molar-refractivity contribution in [1.29, 1.82) is 0 Å². The van der Waals surface area contributed by atoms with Gasteiger partial charge in [0.05, 0.1) is 30.5 Å². The van der Waals surface area contributed by atoms with Crippen molar-refractivity contribution in [3.63, 3.8) is 0 Å². The summed E-state index contributed by atoms with van der Waals surface area (Å²) >= 11 is 6.27. The van der Waals surface area contributed by atoms with Crippen molar-refractivity contribution in [2.45, 2.75) is 36.9 Å². The Labute approximate surface area is 200 Å². The SMILES string of the molecule is C[C@@H](O)[C@H](C(=O)N1Cc2cn(S(=O)(=O)c3cnc4c(c3)OCCO4)nc2C1)c1ccccc1Cl. The van der Waals surface area contributed by atoms with Crippen LogP contribution in [0, 0.1) is 0 Å². The van der Waals surface area contributed by atoms with Crippen LogP contribution in [0.15, 0.2) is 47.6 Å². The number of aliphatic hydroxyl groups excluding tert-OH is 1. The minimum absolute atomic E-state index is 0.0845. The number of amides is 1. The van der Waals surface area contributed by atoms with Crippen molar-refractivity contribution >= 4 is 27.5 Å². The second-order valence-corrected chi connectivity index (χ2v) is 10.3. The number of aromatic nitrogens is 3. The molecule has 1 N–H and O–H groups in total. The molecule has 10 nitrogen and oxygen atoms in total. The molecule has 178 valence electrons. The number of pyridine rings is 1. The molecule has 2 atom stereocenters. The van der Waals surface area contributed by atoms with Gasteiger partial charge in [0.25, 0.3) is 15.9 Å². The average Bonchev–Trinajstić information content (AvgIpc) is 3.40. The molecule has 0 radical (unpaired) electrons. The molecule has 4 heterocycles. The van der Waals surface area contributed by atoms with Crippen LogP contribution >= 0.6 is 11.6 Å². The summed E-state index contributed by atoms with van der Waals surface area (Å²) in [5, 5.41) is 14.9. The highest BCUT2D eigenvalue weighted by Crippen LogP contribution is 2.33. The first-order chi connectivity index (χ1) is 16.3. The number of benzene rings is 1. The summed E-state index contributed by atoms with van der Waals surface area (Å²) in [6, 6.07) is 8.24. The van der Waals surface area contributed by atoms with Gasteiger partial charge in [-0.25, -0.2) is 4.98 Å². The van der Waals surface area contributed by atoms with Gasteiger partial charge >= 0.3 is 0 Å². The summed E-state index contributed by atoms with van der Waals surface area (Å²) in [6.07, 6.45) is 1.62. The minimum atomic E-state index is -4.02. The molecule has 5 rings (SSSR count). The van der Waals surface area contributed by atoms with Crippen LogP contribution in [0.3, 0.4) is 0 Å². The van der Waals surface area contributed by atoms with Gasteiger partial charge in [0, 0.05) is 29.4 Å². The molecule has 2 aromatic heterocycles. The maximum absolute atomic E-state index is 13.3. The van der Waals surface area contributed by atoms with Gasteiger partial charge in [-0.05, 0) is 18.6 Å². The summed E-state index contributed by atoms with van der Waals surface area (Å²) in [5.41, 5.74) is 1.60. The van der Waals surface area contributed by atoms with Crippen LogP contribution in [0.25, 0.3) is 0 Å². The number of carbonyl (C=O) groups excluding carboxylic acids is 1. The van der Waals surface area contributed by atoms with Crippen LogP contribution in [-0.4, -0.2) is 57.8 Å². The predicted octanol–water partition coefficient (Wildman–Crippen LogP) is 1.95. The summed E-state index contributed by atoms with van der Waals surface area (Å²) in [5.74, 6) is -0.662. The predicted molar refractivity (Wildman–Crippen MR) is 120 cm³/mol. The molecule has 2 aliphatic heterocycles. The van der Waals surface area contributed by atoms with Gasteiger partial charge in [0.2, 0.25) is 5.91 Å². The fourth-order valence-electron chi connectivity index (χ4n) is 4.09. The second-order valence-electron chi connectivity index (χ2n) is 8.08. The van der Waals surface area contributed by atoms with Crippen LogP contribution < -0.4 is 9.47 Å². The Balaban J connectivity index is 1.37. The molecule has 0 aliphatic carbocycles. The lowest BCUT2D eigenvalue weighted by molar-refractivity contribution is -0.135. The van der Waals surface area contributed by atoms with E-state index in [0.717, 1.165) is 4.09 Å². The van der Waals surface area contributed by atoms with E-state index in [4.69, 9.17) is 21.1 Å². The Morgan fingerprint density at radius 1 is 1.21 bits per heavy atom. The summed E-state index contributed by atoms with van der Waals surface area (Å²) in [6.45, 7) is 2.47. The molecule has 0 saturated heterocycles. The van der Waals surface area contributed by atoms with Gasteiger partial charge in [-0.3, -0.25) is 4.79 Å². The van der Waals surface area contributed by atoms with E-state index in [-0.39, 0.29) is 35.5 Å². The number of halogens is 1. The smallest absolute Gasteiger partial charge is 0.284 e. The Hall–Kier alpha value is -3.15. The Morgan fingerprint density at radius 2 is 1.97 bits per heavy atom. The van der Waals surface area contributed by atoms with Crippen molar-refractivity contribution in [1.82, 2.24) is 19.1 Å². The molecule has 0 spiro atoms. The fourth-order valence-corrected chi connectivity index (χ4v) is 5.48. The summed E-state index contributed by atoms with van der Waals surface area (Å²) in [7, 11) is -4.02. The summed E-state index contributed by atoms with van der Waals surface area (Å²) < 4.78 is 37.8. The average molecular weight is 505 g/mol. The first-order valence-electron chi connectivity index (χ1n) is 10.6. The van der Waals surface area contributed by atoms with Gasteiger partial charge in [-0.15, -0.1) is 0 Å². The zero-order valence-corrected chi connectivity index (χ0v) is 19.7. The molecule has 0 bridgehead atoms. The molecular weight excluding hydrogens is 484 g/mol. The van der Waals surface area contributed by atoms with Crippen molar-refractivity contribution < 1.29 is 27.8 Å². The highest BCUT2D eigenvalue weighted by atomic mass is 35.5. The number of rotatable bonds is 5. The largest absolute Gasteiger partial charge is 0.484 e. The van der Waals surface area contributed by atoms with Gasteiger partial charge < -0.3 is 19.5 Å². The standard InChI is InChI=1S/C22H21ClN4O6S/c1-13(28)20(16-4-2-3-5-17(16)23)22(29)26-10-14-11-27(25-18(14)12-26)34(30,31)15-8-19-21(24-9-15)33-7-6-32-19/h2-5,8-9,11,13,20,28H,6-7,10,12H2,1H3/t13-,20+/m1/s1. The van der Waals surface area contributed by atoms with E-state index in [9.17, 15) is 18.3 Å². The Morgan fingerprint density at radius 3 is 2.71 bits per heavy atom. The number of carbonyl (C=O) groups is 1. The van der Waals surface area contributed by atoms with Crippen molar-refractivity contribution in [2.75, 3.05) is 13.2 Å². The lowest BCUT2D eigenvalue weighted by atomic mass is 9.92. The van der Waals surface area contributed by atoms with Gasteiger partial charge in [0.15, 0.2) is 5.75 Å². The lowest BCUT2D eigenvalue weighted by Gasteiger charge is -2.26. The molecule has 0 saturated carbocycles. The monoisotopic (exact) mass is 504 g/mol. The maximum Gasteiger partial charge on any atom is 0.284 e. The third kappa shape index (κ3) is 3.89. The van der Waals surface area contributed by atoms with E-state index in [2.05, 4.69) is 10.1 Å². The first kappa shape index (κ1) is 22.6. The Kier molecular flexibility index (Phi) is 5.70. The third-order valence-corrected chi connectivity index (χ3v) is 7.62. The Bertz CT molecular complexity index is 1350. The minimum Gasteiger partial charge on any atom is -0.484 e. The highest BCUT2D eigenvalue weighted by molar-refractivity contribution is 7.89. The molecule has 34 heavy (non-hydrogen) atoms. The van der Waals surface area contributed by atoms with E-state index >= 15 is 0 Å². The van der Waals surface area contributed by atoms with Gasteiger partial charge in [-0.2, -0.15) is 17.6 Å². The second kappa shape index (κ2) is 8.57. The van der Waals surface area contributed by atoms with Crippen LogP contribution in [0.4, 0.5) is 0 Å². The van der Waals surface area contributed by atoms with Crippen molar-refractivity contribution in [3.8, 4) is 11.6 Å². The van der Waals surface area contributed by atoms with Crippen LogP contribution in [0.1, 0.15) is 29.7 Å². The van der Waals surface area contributed by atoms with Crippen molar-refractivity contribution in [2.24, 2.45) is 0 Å². The number of hydrogen-bond donors (Lipinski definition) is 1. The molecule has 1 amide bonds. The van der Waals surface area contributed by atoms with E-state index in [1.807, 2.05) is 0 Å². The molecule has 0 fully saturated rings. The van der Waals surface area contributed by atoms with Crippen LogP contribution in [0.5, 0.6) is 11.6 Å². The molecule has 1 aromatic carbocycles. The topological polar surface area (TPSA) is 124 Å². The number of fused-ring (bicyclic) bond motifs is 2. The van der Waals surface area contributed by atoms with Gasteiger partial charge in [0.1, 0.15) is 18.1 Å². The molecular formula is C22H21ClN4O6S. The zero-order valence-electron chi connectivity index (χ0n) is 18.1. The lowest BCUT2D eigenvalue weighted by Crippen LogP contribution is -2.36. The quantitative estimate of drug-likeness (QED) is 0.559. The van der Waals surface area contributed by atoms with E-state index < -0.39 is 22.0 Å². The summed E-state index contributed by atoms with van der Waals surface area (Å²) in [4.78, 5) is 18.7. The van der Waals surface area contributed by atoms with Crippen LogP contribution in [-0.2, 0) is 27.9 Å². The maximum atomic E-state index is 13.3. The zero-order chi connectivity index (χ0) is 24.0. The van der Waals surface area contributed by atoms with Crippen LogP contribution in [0.2, 0.25) is 5.02 Å². The number of ether oxygens (including phenoxy) is 2. The fraction of sp³-hybridized carbons (Fsp3) is 0.318. The third-order valence-electron chi connectivity index (χ3n) is 5.78.